The van der Waals surface area contributed by atoms with Crippen LogP contribution in [0.15, 0.2) is 46.0 Å². The minimum absolute atomic E-state index is 0.0898. The molecular formula is C15H10ClN3O4S. The molecule has 7 nitrogen and oxygen atoms in total. The van der Waals surface area contributed by atoms with Crippen molar-refractivity contribution in [3.8, 4) is 0 Å². The lowest BCUT2D eigenvalue weighted by atomic mass is 10.1. The SMILES string of the molecule is NC(=O)c1ccc(CSc2nc3ccc(Cl)cc3o2)c([N+](=O)[O-])c1. The summed E-state index contributed by atoms with van der Waals surface area (Å²) in [5, 5.41) is 12.1. The van der Waals surface area contributed by atoms with Gasteiger partial charge in [0.25, 0.3) is 10.9 Å². The van der Waals surface area contributed by atoms with Crippen LogP contribution in [-0.4, -0.2) is 15.8 Å². The van der Waals surface area contributed by atoms with Gasteiger partial charge in [-0.25, -0.2) is 4.98 Å². The average molecular weight is 364 g/mol. The molecule has 0 saturated heterocycles. The zero-order chi connectivity index (χ0) is 17.3. The highest BCUT2D eigenvalue weighted by molar-refractivity contribution is 7.98. The van der Waals surface area contributed by atoms with Gasteiger partial charge >= 0.3 is 0 Å². The Hall–Kier alpha value is -2.58. The highest BCUT2D eigenvalue weighted by Crippen LogP contribution is 2.31. The molecule has 0 bridgehead atoms. The number of nitrogens with two attached hydrogens (primary N) is 1. The largest absolute Gasteiger partial charge is 0.431 e. The highest BCUT2D eigenvalue weighted by Gasteiger charge is 2.17. The van der Waals surface area contributed by atoms with Crippen molar-refractivity contribution in [2.45, 2.75) is 11.0 Å². The summed E-state index contributed by atoms with van der Waals surface area (Å²) in [5.74, 6) is -0.455. The van der Waals surface area contributed by atoms with Crippen LogP contribution in [0.25, 0.3) is 11.1 Å². The van der Waals surface area contributed by atoms with E-state index in [1.807, 2.05) is 0 Å². The average Bonchev–Trinajstić information content (AvgIpc) is 2.94. The summed E-state index contributed by atoms with van der Waals surface area (Å²) in [6.45, 7) is 0. The monoisotopic (exact) mass is 363 g/mol. The number of nitro benzene ring substituents is 1. The van der Waals surface area contributed by atoms with Crippen LogP contribution in [0.2, 0.25) is 5.02 Å². The fourth-order valence-electron chi connectivity index (χ4n) is 2.09. The molecule has 0 saturated carbocycles. The number of benzene rings is 2. The number of halogens is 1. The number of hydrogen-bond acceptors (Lipinski definition) is 6. The Labute approximate surface area is 144 Å². The molecule has 0 radical (unpaired) electrons. The van der Waals surface area contributed by atoms with Crippen LogP contribution >= 0.6 is 23.4 Å². The van der Waals surface area contributed by atoms with Gasteiger partial charge in [0.05, 0.1) is 4.92 Å². The number of nitrogens with zero attached hydrogens (tertiary/aromatic N) is 2. The second kappa shape index (κ2) is 6.50. The number of primary amides is 1. The maximum absolute atomic E-state index is 11.2. The van der Waals surface area contributed by atoms with E-state index in [0.717, 1.165) is 0 Å². The van der Waals surface area contributed by atoms with Crippen molar-refractivity contribution in [1.82, 2.24) is 4.98 Å². The van der Waals surface area contributed by atoms with Crippen LogP contribution in [0, 0.1) is 10.1 Å². The fourth-order valence-corrected chi connectivity index (χ4v) is 3.08. The molecule has 0 aliphatic heterocycles. The second-order valence-corrected chi connectivity index (χ2v) is 6.21. The Morgan fingerprint density at radius 2 is 2.12 bits per heavy atom. The lowest BCUT2D eigenvalue weighted by Gasteiger charge is -2.03. The maximum Gasteiger partial charge on any atom is 0.274 e. The lowest BCUT2D eigenvalue weighted by molar-refractivity contribution is -0.385. The molecule has 2 N–H and O–H groups in total. The summed E-state index contributed by atoms with van der Waals surface area (Å²) < 4.78 is 5.56. The third kappa shape index (κ3) is 3.34. The second-order valence-electron chi connectivity index (χ2n) is 4.85. The van der Waals surface area contributed by atoms with Gasteiger partial charge in [-0.3, -0.25) is 14.9 Å². The third-order valence-corrected chi connectivity index (χ3v) is 4.36. The van der Waals surface area contributed by atoms with Crippen LogP contribution in [0.4, 0.5) is 5.69 Å². The number of amides is 1. The molecule has 0 atom stereocenters. The molecule has 0 spiro atoms. The van der Waals surface area contributed by atoms with Crippen molar-refractivity contribution in [3.63, 3.8) is 0 Å². The van der Waals surface area contributed by atoms with Gasteiger partial charge in [-0.1, -0.05) is 29.4 Å². The van der Waals surface area contributed by atoms with Crippen molar-refractivity contribution in [2.75, 3.05) is 0 Å². The Morgan fingerprint density at radius 3 is 2.83 bits per heavy atom. The number of aromatic nitrogens is 1. The van der Waals surface area contributed by atoms with Crippen molar-refractivity contribution >= 4 is 46.1 Å². The maximum atomic E-state index is 11.2. The predicted molar refractivity (Wildman–Crippen MR) is 90.2 cm³/mol. The first-order valence-electron chi connectivity index (χ1n) is 6.70. The van der Waals surface area contributed by atoms with E-state index in [4.69, 9.17) is 21.8 Å². The summed E-state index contributed by atoms with van der Waals surface area (Å²) in [6.07, 6.45) is 0. The van der Waals surface area contributed by atoms with E-state index in [0.29, 0.717) is 26.9 Å². The molecule has 122 valence electrons. The first-order chi connectivity index (χ1) is 11.4. The molecule has 1 amide bonds. The van der Waals surface area contributed by atoms with E-state index in [1.165, 1.54) is 30.0 Å². The van der Waals surface area contributed by atoms with Gasteiger partial charge in [0, 0.05) is 34.0 Å². The van der Waals surface area contributed by atoms with Crippen LogP contribution in [0.1, 0.15) is 15.9 Å². The van der Waals surface area contributed by atoms with E-state index in [9.17, 15) is 14.9 Å². The van der Waals surface area contributed by atoms with E-state index >= 15 is 0 Å². The van der Waals surface area contributed by atoms with Crippen LogP contribution in [0.5, 0.6) is 0 Å². The van der Waals surface area contributed by atoms with Crippen LogP contribution in [-0.2, 0) is 5.75 Å². The predicted octanol–water partition coefficient (Wildman–Crippen LogP) is 3.78. The first kappa shape index (κ1) is 16.3. The Morgan fingerprint density at radius 1 is 1.33 bits per heavy atom. The Kier molecular flexibility index (Phi) is 4.41. The summed E-state index contributed by atoms with van der Waals surface area (Å²) >= 11 is 7.10. The number of rotatable bonds is 5. The lowest BCUT2D eigenvalue weighted by Crippen LogP contribution is -2.11. The smallest absolute Gasteiger partial charge is 0.274 e. The molecule has 9 heteroatoms. The van der Waals surface area contributed by atoms with Crippen LogP contribution < -0.4 is 5.73 Å². The van der Waals surface area contributed by atoms with Gasteiger partial charge in [0.2, 0.25) is 5.91 Å². The van der Waals surface area contributed by atoms with E-state index < -0.39 is 10.8 Å². The van der Waals surface area contributed by atoms with Crippen molar-refractivity contribution in [2.24, 2.45) is 5.73 Å². The standard InChI is InChI=1S/C15H10ClN3O4S/c16-10-3-4-11-13(6-10)23-15(18-11)24-7-9-2-1-8(14(17)20)5-12(9)19(21)22/h1-6H,7H2,(H2,17,20). The fraction of sp³-hybridized carbons (Fsp3) is 0.0667. The molecule has 2 aromatic carbocycles. The number of carbonyl (C=O) groups is 1. The Balaban J connectivity index is 1.84. The number of fused-ring (bicyclic) bond motifs is 1. The highest BCUT2D eigenvalue weighted by atomic mass is 35.5. The number of oxazole rings is 1. The minimum atomic E-state index is -0.715. The van der Waals surface area contributed by atoms with E-state index in [-0.39, 0.29) is 17.0 Å². The van der Waals surface area contributed by atoms with Crippen molar-refractivity contribution in [3.05, 3.63) is 62.7 Å². The number of hydrogen-bond donors (Lipinski definition) is 1. The number of nitro groups is 1. The molecule has 0 aliphatic rings. The number of thioether (sulfide) groups is 1. The molecular weight excluding hydrogens is 354 g/mol. The Bertz CT molecular complexity index is 957. The van der Waals surface area contributed by atoms with Gasteiger partial charge in [0.15, 0.2) is 5.58 Å². The molecule has 3 rings (SSSR count). The normalized spacial score (nSPS) is 10.9. The molecule has 24 heavy (non-hydrogen) atoms. The molecule has 1 heterocycles. The van der Waals surface area contributed by atoms with Gasteiger partial charge in [-0.2, -0.15) is 0 Å². The van der Waals surface area contributed by atoms with Gasteiger partial charge in [0.1, 0.15) is 5.52 Å². The minimum Gasteiger partial charge on any atom is -0.431 e. The molecule has 0 fully saturated rings. The summed E-state index contributed by atoms with van der Waals surface area (Å²) in [7, 11) is 0. The van der Waals surface area contributed by atoms with E-state index in [1.54, 1.807) is 18.2 Å². The number of carbonyl (C=O) groups excluding carboxylic acids is 1. The first-order valence-corrected chi connectivity index (χ1v) is 8.06. The summed E-state index contributed by atoms with van der Waals surface area (Å²) in [4.78, 5) is 26.1. The zero-order valence-corrected chi connectivity index (χ0v) is 13.6. The molecule has 0 aliphatic carbocycles. The summed E-state index contributed by atoms with van der Waals surface area (Å²) in [5.41, 5.74) is 6.71. The quantitative estimate of drug-likeness (QED) is 0.419. The van der Waals surface area contributed by atoms with Gasteiger partial charge in [-0.05, 0) is 18.2 Å². The molecule has 0 unspecified atom stereocenters. The van der Waals surface area contributed by atoms with Crippen LogP contribution in [0.3, 0.4) is 0 Å². The van der Waals surface area contributed by atoms with Crippen molar-refractivity contribution in [1.29, 1.82) is 0 Å². The van der Waals surface area contributed by atoms with E-state index in [2.05, 4.69) is 4.98 Å². The zero-order valence-electron chi connectivity index (χ0n) is 12.1. The molecule has 3 aromatic rings. The van der Waals surface area contributed by atoms with Crippen molar-refractivity contribution < 1.29 is 14.1 Å². The molecule has 1 aromatic heterocycles. The topological polar surface area (TPSA) is 112 Å². The summed E-state index contributed by atoms with van der Waals surface area (Å²) in [6, 6.07) is 9.22. The van der Waals surface area contributed by atoms with Gasteiger partial charge in [-0.15, -0.1) is 0 Å². The third-order valence-electron chi connectivity index (χ3n) is 3.25. The van der Waals surface area contributed by atoms with Gasteiger partial charge < -0.3 is 10.2 Å².